The zero-order chi connectivity index (χ0) is 19.9. The Morgan fingerprint density at radius 1 is 1.19 bits per heavy atom. The second-order valence-corrected chi connectivity index (χ2v) is 6.96. The largest absolute Gasteiger partial charge is 0.453 e. The first-order valence-electron chi connectivity index (χ1n) is 8.30. The number of nitrogens with one attached hydrogen (secondary N) is 1. The lowest BCUT2D eigenvalue weighted by atomic mass is 9.90. The average Bonchev–Trinajstić information content (AvgIpc) is 2.59. The molecule has 0 radical (unpaired) electrons. The lowest BCUT2D eigenvalue weighted by molar-refractivity contribution is -0.155. The molecule has 26 heavy (non-hydrogen) atoms. The zero-order valence-electron chi connectivity index (χ0n) is 15.3. The van der Waals surface area contributed by atoms with Gasteiger partial charge in [-0.25, -0.2) is 0 Å². The summed E-state index contributed by atoms with van der Waals surface area (Å²) in [5.41, 5.74) is -0.600. The van der Waals surface area contributed by atoms with Crippen molar-refractivity contribution in [2.75, 3.05) is 0 Å². The molecule has 140 valence electrons. The van der Waals surface area contributed by atoms with Crippen molar-refractivity contribution in [3.63, 3.8) is 0 Å². The van der Waals surface area contributed by atoms with Crippen LogP contribution in [-0.4, -0.2) is 29.3 Å². The lowest BCUT2D eigenvalue weighted by Gasteiger charge is -2.28. The van der Waals surface area contributed by atoms with E-state index < -0.39 is 23.5 Å². The molecule has 0 fully saturated rings. The normalized spacial score (nSPS) is 14.0. The van der Waals surface area contributed by atoms with Gasteiger partial charge in [0.15, 0.2) is 11.9 Å². The molecule has 0 heterocycles. The molecule has 0 aliphatic rings. The van der Waals surface area contributed by atoms with Gasteiger partial charge in [-0.1, -0.05) is 25.4 Å². The summed E-state index contributed by atoms with van der Waals surface area (Å²) in [7, 11) is 0. The van der Waals surface area contributed by atoms with Crippen molar-refractivity contribution in [3.8, 4) is 6.07 Å². The maximum atomic E-state index is 12.1. The van der Waals surface area contributed by atoms with Crippen LogP contribution in [0.4, 0.5) is 0 Å². The van der Waals surface area contributed by atoms with Crippen LogP contribution in [0.2, 0.25) is 5.02 Å². The third-order valence-electron chi connectivity index (χ3n) is 4.17. The van der Waals surface area contributed by atoms with Crippen LogP contribution >= 0.6 is 11.6 Å². The van der Waals surface area contributed by atoms with E-state index in [0.717, 1.165) is 0 Å². The van der Waals surface area contributed by atoms with Gasteiger partial charge < -0.3 is 10.1 Å². The predicted octanol–water partition coefficient (Wildman–Crippen LogP) is 3.29. The summed E-state index contributed by atoms with van der Waals surface area (Å²) in [6, 6.07) is 8.42. The van der Waals surface area contributed by atoms with Gasteiger partial charge in [-0.2, -0.15) is 5.26 Å². The molecular weight excluding hydrogens is 356 g/mol. The SMILES string of the molecule is CC(C)[C@](C)(C#N)NC(=O)[C@H](C)OC(=O)CCC(=O)c1ccc(Cl)cc1. The summed E-state index contributed by atoms with van der Waals surface area (Å²) in [6.45, 7) is 6.65. The molecule has 0 bridgehead atoms. The van der Waals surface area contributed by atoms with Crippen molar-refractivity contribution >= 4 is 29.3 Å². The molecular formula is C19H23ClN2O4. The van der Waals surface area contributed by atoms with Gasteiger partial charge in [0.25, 0.3) is 5.91 Å². The number of nitriles is 1. The number of ketones is 1. The summed E-state index contributed by atoms with van der Waals surface area (Å²) >= 11 is 5.76. The van der Waals surface area contributed by atoms with E-state index in [2.05, 4.69) is 11.4 Å². The van der Waals surface area contributed by atoms with Crippen molar-refractivity contribution in [1.82, 2.24) is 5.32 Å². The van der Waals surface area contributed by atoms with Crippen LogP contribution in [0.1, 0.15) is 50.9 Å². The minimum absolute atomic E-state index is 0.0310. The monoisotopic (exact) mass is 378 g/mol. The number of rotatable bonds is 8. The molecule has 1 amide bonds. The molecule has 0 aliphatic heterocycles. The lowest BCUT2D eigenvalue weighted by Crippen LogP contribution is -2.52. The van der Waals surface area contributed by atoms with E-state index in [0.29, 0.717) is 10.6 Å². The Kier molecular flexibility index (Phi) is 7.78. The number of hydrogen-bond acceptors (Lipinski definition) is 5. The minimum Gasteiger partial charge on any atom is -0.453 e. The van der Waals surface area contributed by atoms with Crippen molar-refractivity contribution in [1.29, 1.82) is 5.26 Å². The van der Waals surface area contributed by atoms with Gasteiger partial charge in [0, 0.05) is 17.0 Å². The third-order valence-corrected chi connectivity index (χ3v) is 4.42. The van der Waals surface area contributed by atoms with Crippen LogP contribution in [0.25, 0.3) is 0 Å². The number of Topliss-reactive ketones (excluding diaryl/α,β-unsaturated/α-hetero) is 1. The van der Waals surface area contributed by atoms with E-state index in [4.69, 9.17) is 16.3 Å². The molecule has 1 N–H and O–H groups in total. The molecule has 0 saturated heterocycles. The van der Waals surface area contributed by atoms with E-state index in [1.165, 1.54) is 6.92 Å². The maximum Gasteiger partial charge on any atom is 0.307 e. The van der Waals surface area contributed by atoms with Crippen molar-refractivity contribution in [2.24, 2.45) is 5.92 Å². The Balaban J connectivity index is 2.51. The molecule has 0 aliphatic carbocycles. The predicted molar refractivity (Wildman–Crippen MR) is 97.6 cm³/mol. The fraction of sp³-hybridized carbons (Fsp3) is 0.474. The summed E-state index contributed by atoms with van der Waals surface area (Å²) in [5.74, 6) is -1.54. The number of halogens is 1. The van der Waals surface area contributed by atoms with Crippen molar-refractivity contribution < 1.29 is 19.1 Å². The van der Waals surface area contributed by atoms with Gasteiger partial charge in [0.2, 0.25) is 0 Å². The first-order chi connectivity index (χ1) is 12.1. The van der Waals surface area contributed by atoms with Crippen molar-refractivity contribution in [2.45, 2.75) is 52.2 Å². The van der Waals surface area contributed by atoms with E-state index in [1.807, 2.05) is 13.8 Å². The summed E-state index contributed by atoms with van der Waals surface area (Å²) in [5, 5.41) is 12.3. The second kappa shape index (κ2) is 9.35. The Hall–Kier alpha value is -2.39. The highest BCUT2D eigenvalue weighted by atomic mass is 35.5. The average molecular weight is 379 g/mol. The molecule has 1 aromatic rings. The van der Waals surface area contributed by atoms with Gasteiger partial charge in [-0.3, -0.25) is 14.4 Å². The van der Waals surface area contributed by atoms with Crippen LogP contribution in [0.3, 0.4) is 0 Å². The Labute approximate surface area is 158 Å². The fourth-order valence-corrected chi connectivity index (χ4v) is 2.09. The highest BCUT2D eigenvalue weighted by Gasteiger charge is 2.32. The van der Waals surface area contributed by atoms with Gasteiger partial charge in [0.1, 0.15) is 5.54 Å². The van der Waals surface area contributed by atoms with E-state index in [1.54, 1.807) is 31.2 Å². The topological polar surface area (TPSA) is 96.3 Å². The number of esters is 1. The molecule has 1 aromatic carbocycles. The highest BCUT2D eigenvalue weighted by molar-refractivity contribution is 6.30. The number of carbonyl (C=O) groups is 3. The number of ether oxygens (including phenoxy) is 1. The van der Waals surface area contributed by atoms with Gasteiger partial charge in [-0.05, 0) is 44.0 Å². The summed E-state index contributed by atoms with van der Waals surface area (Å²) < 4.78 is 5.05. The maximum absolute atomic E-state index is 12.1. The number of carbonyl (C=O) groups excluding carboxylic acids is 3. The van der Waals surface area contributed by atoms with Crippen LogP contribution in [0.15, 0.2) is 24.3 Å². The van der Waals surface area contributed by atoms with Crippen LogP contribution in [-0.2, 0) is 14.3 Å². The summed E-state index contributed by atoms with van der Waals surface area (Å²) in [4.78, 5) is 36.0. The first kappa shape index (κ1) is 21.7. The van der Waals surface area contributed by atoms with Crippen LogP contribution in [0.5, 0.6) is 0 Å². The third kappa shape index (κ3) is 6.16. The van der Waals surface area contributed by atoms with Crippen LogP contribution < -0.4 is 5.32 Å². The van der Waals surface area contributed by atoms with Gasteiger partial charge in [0.05, 0.1) is 12.5 Å². The van der Waals surface area contributed by atoms with E-state index in [-0.39, 0.29) is 24.5 Å². The number of hydrogen-bond donors (Lipinski definition) is 1. The molecule has 7 heteroatoms. The molecule has 6 nitrogen and oxygen atoms in total. The molecule has 0 spiro atoms. The molecule has 0 saturated carbocycles. The van der Waals surface area contributed by atoms with Gasteiger partial charge in [-0.15, -0.1) is 0 Å². The van der Waals surface area contributed by atoms with Crippen molar-refractivity contribution in [3.05, 3.63) is 34.9 Å². The molecule has 2 atom stereocenters. The second-order valence-electron chi connectivity index (χ2n) is 6.52. The van der Waals surface area contributed by atoms with Gasteiger partial charge >= 0.3 is 5.97 Å². The Morgan fingerprint density at radius 3 is 2.27 bits per heavy atom. The smallest absolute Gasteiger partial charge is 0.307 e. The van der Waals surface area contributed by atoms with E-state index in [9.17, 15) is 19.6 Å². The standard InChI is InChI=1S/C19H23ClN2O4/c1-12(2)19(4,11-21)22-18(25)13(3)26-17(24)10-9-16(23)14-5-7-15(20)8-6-14/h5-8,12-13H,9-10H2,1-4H3,(H,22,25)/t13-,19-/m0/s1. The molecule has 0 unspecified atom stereocenters. The number of benzene rings is 1. The highest BCUT2D eigenvalue weighted by Crippen LogP contribution is 2.16. The zero-order valence-corrected chi connectivity index (χ0v) is 16.1. The quantitative estimate of drug-likeness (QED) is 0.553. The Morgan fingerprint density at radius 2 is 1.77 bits per heavy atom. The molecule has 0 aromatic heterocycles. The summed E-state index contributed by atoms with van der Waals surface area (Å²) in [6.07, 6.45) is -1.23. The van der Waals surface area contributed by atoms with Crippen LogP contribution in [0, 0.1) is 17.2 Å². The minimum atomic E-state index is -1.06. The Bertz CT molecular complexity index is 709. The fourth-order valence-electron chi connectivity index (χ4n) is 1.96. The molecule has 1 rings (SSSR count). The van der Waals surface area contributed by atoms with E-state index >= 15 is 0 Å². The number of nitrogens with zero attached hydrogens (tertiary/aromatic N) is 1. The number of amides is 1. The first-order valence-corrected chi connectivity index (χ1v) is 8.68.